The first kappa shape index (κ1) is 17.8. The molecule has 1 atom stereocenters. The maximum atomic E-state index is 12.6. The SMILES string of the molecule is CC[C@H]1CCCCN1C(=O)CSc1nnc(-n2nc(C)cc2C)n1N. The molecule has 0 bridgehead atoms. The van der Waals surface area contributed by atoms with Crippen molar-refractivity contribution in [2.45, 2.75) is 57.7 Å². The van der Waals surface area contributed by atoms with E-state index in [1.54, 1.807) is 4.68 Å². The Morgan fingerprint density at radius 1 is 1.36 bits per heavy atom. The number of hydrogen-bond donors (Lipinski definition) is 1. The lowest BCUT2D eigenvalue weighted by molar-refractivity contribution is -0.132. The zero-order valence-electron chi connectivity index (χ0n) is 15.0. The Kier molecular flexibility index (Phi) is 5.31. The highest BCUT2D eigenvalue weighted by Crippen LogP contribution is 2.23. The van der Waals surface area contributed by atoms with Crippen molar-refractivity contribution in [2.24, 2.45) is 0 Å². The molecule has 2 aromatic rings. The average molecular weight is 363 g/mol. The van der Waals surface area contributed by atoms with E-state index in [0.717, 1.165) is 37.2 Å². The maximum absolute atomic E-state index is 12.6. The fourth-order valence-corrected chi connectivity index (χ4v) is 4.04. The van der Waals surface area contributed by atoms with Crippen molar-refractivity contribution in [1.29, 1.82) is 0 Å². The molecule has 1 fully saturated rings. The minimum Gasteiger partial charge on any atom is -0.339 e. The Hall–Kier alpha value is -2.03. The number of piperidine rings is 1. The molecule has 1 amide bonds. The van der Waals surface area contributed by atoms with Crippen LogP contribution in [0.2, 0.25) is 0 Å². The molecule has 2 aromatic heterocycles. The van der Waals surface area contributed by atoms with E-state index in [1.165, 1.54) is 22.9 Å². The van der Waals surface area contributed by atoms with Gasteiger partial charge in [0.2, 0.25) is 11.1 Å². The highest BCUT2D eigenvalue weighted by atomic mass is 32.2. The van der Waals surface area contributed by atoms with Gasteiger partial charge in [0, 0.05) is 18.3 Å². The Morgan fingerprint density at radius 3 is 2.84 bits per heavy atom. The second-order valence-electron chi connectivity index (χ2n) is 6.43. The van der Waals surface area contributed by atoms with Gasteiger partial charge >= 0.3 is 0 Å². The van der Waals surface area contributed by atoms with E-state index in [1.807, 2.05) is 24.8 Å². The molecule has 2 N–H and O–H groups in total. The van der Waals surface area contributed by atoms with E-state index in [0.29, 0.717) is 22.9 Å². The van der Waals surface area contributed by atoms with Gasteiger partial charge in [0.1, 0.15) is 0 Å². The van der Waals surface area contributed by atoms with Crippen LogP contribution in [0.4, 0.5) is 0 Å². The molecule has 0 unspecified atom stereocenters. The summed E-state index contributed by atoms with van der Waals surface area (Å²) in [6.07, 6.45) is 4.40. The summed E-state index contributed by atoms with van der Waals surface area (Å²) in [4.78, 5) is 14.6. The summed E-state index contributed by atoms with van der Waals surface area (Å²) in [5, 5.41) is 13.1. The van der Waals surface area contributed by atoms with Gasteiger partial charge in [-0.1, -0.05) is 18.7 Å². The van der Waals surface area contributed by atoms with Crippen molar-refractivity contribution >= 4 is 17.7 Å². The van der Waals surface area contributed by atoms with Crippen LogP contribution >= 0.6 is 11.8 Å². The van der Waals surface area contributed by atoms with Gasteiger partial charge < -0.3 is 10.7 Å². The van der Waals surface area contributed by atoms with E-state index < -0.39 is 0 Å². The number of nitrogen functional groups attached to an aromatic ring is 1. The summed E-state index contributed by atoms with van der Waals surface area (Å²) in [7, 11) is 0. The van der Waals surface area contributed by atoms with Crippen molar-refractivity contribution < 1.29 is 4.79 Å². The van der Waals surface area contributed by atoms with E-state index >= 15 is 0 Å². The molecular weight excluding hydrogens is 338 g/mol. The lowest BCUT2D eigenvalue weighted by Crippen LogP contribution is -2.44. The quantitative estimate of drug-likeness (QED) is 0.641. The van der Waals surface area contributed by atoms with E-state index in [2.05, 4.69) is 22.2 Å². The fourth-order valence-electron chi connectivity index (χ4n) is 3.31. The van der Waals surface area contributed by atoms with Crippen LogP contribution < -0.4 is 5.84 Å². The summed E-state index contributed by atoms with van der Waals surface area (Å²) in [5.74, 6) is 7.03. The minimum absolute atomic E-state index is 0.146. The third-order valence-corrected chi connectivity index (χ3v) is 5.52. The Morgan fingerprint density at radius 2 is 2.16 bits per heavy atom. The monoisotopic (exact) mass is 363 g/mol. The minimum atomic E-state index is 0.146. The molecule has 0 aromatic carbocycles. The van der Waals surface area contributed by atoms with Crippen LogP contribution in [-0.4, -0.2) is 53.8 Å². The molecule has 1 aliphatic rings. The number of nitrogens with two attached hydrogens (primary N) is 1. The summed E-state index contributed by atoms with van der Waals surface area (Å²) < 4.78 is 3.05. The van der Waals surface area contributed by atoms with Crippen molar-refractivity contribution in [3.63, 3.8) is 0 Å². The molecule has 8 nitrogen and oxygen atoms in total. The van der Waals surface area contributed by atoms with Gasteiger partial charge in [0.15, 0.2) is 0 Å². The van der Waals surface area contributed by atoms with Gasteiger partial charge in [0.25, 0.3) is 5.95 Å². The van der Waals surface area contributed by atoms with Gasteiger partial charge in [0.05, 0.1) is 11.4 Å². The summed E-state index contributed by atoms with van der Waals surface area (Å²) >= 11 is 1.32. The first-order valence-electron chi connectivity index (χ1n) is 8.67. The summed E-state index contributed by atoms with van der Waals surface area (Å²) in [6, 6.07) is 2.31. The number of aryl methyl sites for hydroxylation is 2. The van der Waals surface area contributed by atoms with E-state index in [4.69, 9.17) is 5.84 Å². The van der Waals surface area contributed by atoms with Gasteiger partial charge in [-0.05, 0) is 45.6 Å². The number of carbonyl (C=O) groups is 1. The molecule has 0 aliphatic carbocycles. The van der Waals surface area contributed by atoms with Crippen LogP contribution in [0.3, 0.4) is 0 Å². The van der Waals surface area contributed by atoms with Crippen molar-refractivity contribution in [3.05, 3.63) is 17.5 Å². The zero-order valence-corrected chi connectivity index (χ0v) is 15.8. The average Bonchev–Trinajstić information content (AvgIpc) is 3.13. The normalized spacial score (nSPS) is 17.9. The molecule has 0 saturated carbocycles. The topological polar surface area (TPSA) is 94.9 Å². The molecule has 3 rings (SSSR count). The van der Waals surface area contributed by atoms with Crippen molar-refractivity contribution in [1.82, 2.24) is 29.6 Å². The smallest absolute Gasteiger partial charge is 0.271 e. The lowest BCUT2D eigenvalue weighted by Gasteiger charge is -2.35. The number of nitrogens with zero attached hydrogens (tertiary/aromatic N) is 6. The van der Waals surface area contributed by atoms with E-state index in [9.17, 15) is 4.79 Å². The molecule has 136 valence electrons. The van der Waals surface area contributed by atoms with Crippen LogP contribution in [0.25, 0.3) is 5.95 Å². The van der Waals surface area contributed by atoms with Crippen LogP contribution in [0.5, 0.6) is 0 Å². The predicted molar refractivity (Wildman–Crippen MR) is 97.1 cm³/mol. The second-order valence-corrected chi connectivity index (χ2v) is 7.37. The molecule has 9 heteroatoms. The van der Waals surface area contributed by atoms with Crippen LogP contribution in [-0.2, 0) is 4.79 Å². The first-order valence-corrected chi connectivity index (χ1v) is 9.66. The molecule has 0 radical (unpaired) electrons. The molecule has 3 heterocycles. The van der Waals surface area contributed by atoms with Gasteiger partial charge in [-0.2, -0.15) is 5.10 Å². The molecule has 1 aliphatic heterocycles. The number of carbonyl (C=O) groups excluding carboxylic acids is 1. The fraction of sp³-hybridized carbons (Fsp3) is 0.625. The van der Waals surface area contributed by atoms with Crippen LogP contribution in [0.15, 0.2) is 11.2 Å². The Bertz CT molecular complexity index is 754. The standard InChI is InChI=1S/C16H25N7OS/c1-4-13-7-5-6-8-21(13)14(24)10-25-16-19-18-15(22(16)17)23-12(3)9-11(2)20-23/h9,13H,4-8,10,17H2,1-3H3/t13-/m0/s1. The van der Waals surface area contributed by atoms with Gasteiger partial charge in [-0.25, -0.2) is 9.36 Å². The number of likely N-dealkylation sites (tertiary alicyclic amines) is 1. The summed E-state index contributed by atoms with van der Waals surface area (Å²) in [5.41, 5.74) is 1.82. The molecular formula is C16H25N7OS. The van der Waals surface area contributed by atoms with Crippen molar-refractivity contribution in [3.8, 4) is 5.95 Å². The zero-order chi connectivity index (χ0) is 18.0. The highest BCUT2D eigenvalue weighted by molar-refractivity contribution is 7.99. The van der Waals surface area contributed by atoms with Gasteiger partial charge in [-0.15, -0.1) is 10.2 Å². The molecule has 1 saturated heterocycles. The van der Waals surface area contributed by atoms with Crippen molar-refractivity contribution in [2.75, 3.05) is 18.1 Å². The number of hydrogen-bond acceptors (Lipinski definition) is 6. The largest absolute Gasteiger partial charge is 0.339 e. The number of rotatable bonds is 5. The second kappa shape index (κ2) is 7.47. The van der Waals surface area contributed by atoms with Crippen LogP contribution in [0, 0.1) is 13.8 Å². The third-order valence-electron chi connectivity index (χ3n) is 4.59. The number of aromatic nitrogens is 5. The van der Waals surface area contributed by atoms with Crippen LogP contribution in [0.1, 0.15) is 44.0 Å². The summed E-state index contributed by atoms with van der Waals surface area (Å²) in [6.45, 7) is 6.84. The number of amides is 1. The first-order chi connectivity index (χ1) is 12.0. The third kappa shape index (κ3) is 3.65. The number of thioether (sulfide) groups is 1. The highest BCUT2D eigenvalue weighted by Gasteiger charge is 2.26. The Labute approximate surface area is 151 Å². The predicted octanol–water partition coefficient (Wildman–Crippen LogP) is 1.68. The Balaban J connectivity index is 1.68. The maximum Gasteiger partial charge on any atom is 0.271 e. The molecule has 0 spiro atoms. The van der Waals surface area contributed by atoms with E-state index in [-0.39, 0.29) is 5.91 Å². The lowest BCUT2D eigenvalue weighted by atomic mass is 10.0. The van der Waals surface area contributed by atoms with Gasteiger partial charge in [-0.3, -0.25) is 4.79 Å². The molecule has 25 heavy (non-hydrogen) atoms.